The van der Waals surface area contributed by atoms with E-state index < -0.39 is 0 Å². The fourth-order valence-corrected chi connectivity index (χ4v) is 4.55. The predicted octanol–water partition coefficient (Wildman–Crippen LogP) is 4.09. The Morgan fingerprint density at radius 1 is 1.11 bits per heavy atom. The molecule has 27 heavy (non-hydrogen) atoms. The lowest BCUT2D eigenvalue weighted by Gasteiger charge is -2.31. The van der Waals surface area contributed by atoms with Gasteiger partial charge in [0, 0.05) is 19.0 Å². The maximum absolute atomic E-state index is 12.5. The van der Waals surface area contributed by atoms with Crippen LogP contribution in [0, 0.1) is 0 Å². The Labute approximate surface area is 162 Å². The van der Waals surface area contributed by atoms with E-state index in [-0.39, 0.29) is 12.5 Å². The molecule has 2 aromatic carbocycles. The topological polar surface area (TPSA) is 51.7 Å². The third kappa shape index (κ3) is 3.90. The van der Waals surface area contributed by atoms with E-state index in [4.69, 9.17) is 14.5 Å². The van der Waals surface area contributed by atoms with Crippen LogP contribution in [-0.4, -0.2) is 42.6 Å². The van der Waals surface area contributed by atoms with E-state index in [1.165, 1.54) is 9.71 Å². The van der Waals surface area contributed by atoms with Crippen LogP contribution >= 0.6 is 11.3 Å². The van der Waals surface area contributed by atoms with Gasteiger partial charge in [-0.2, -0.15) is 0 Å². The monoisotopic (exact) mass is 382 g/mol. The Kier molecular flexibility index (Phi) is 5.25. The van der Waals surface area contributed by atoms with Crippen molar-refractivity contribution < 1.29 is 14.3 Å². The Balaban J connectivity index is 1.32. The zero-order valence-electron chi connectivity index (χ0n) is 15.3. The van der Waals surface area contributed by atoms with Crippen molar-refractivity contribution in [3.8, 4) is 11.5 Å². The van der Waals surface area contributed by atoms with Crippen LogP contribution in [0.2, 0.25) is 0 Å². The summed E-state index contributed by atoms with van der Waals surface area (Å²) in [6.45, 7) is 1.52. The SMILES string of the molecule is COc1ccccc1OCC(=O)N1CCC(c2nc3ccccc3s2)CC1. The number of fused-ring (bicyclic) bond motifs is 1. The van der Waals surface area contributed by atoms with Gasteiger partial charge < -0.3 is 14.4 Å². The standard InChI is InChI=1S/C21H22N2O3S/c1-25-17-7-3-4-8-18(17)26-14-20(24)23-12-10-15(11-13-23)21-22-16-6-2-5-9-19(16)27-21/h2-9,15H,10-14H2,1H3. The van der Waals surface area contributed by atoms with Gasteiger partial charge >= 0.3 is 0 Å². The molecule has 4 rings (SSSR count). The van der Waals surface area contributed by atoms with E-state index in [0.29, 0.717) is 17.4 Å². The number of para-hydroxylation sites is 3. The summed E-state index contributed by atoms with van der Waals surface area (Å²) in [5, 5.41) is 1.19. The molecule has 0 radical (unpaired) electrons. The van der Waals surface area contributed by atoms with Crippen LogP contribution in [0.3, 0.4) is 0 Å². The Hall–Kier alpha value is -2.60. The summed E-state index contributed by atoms with van der Waals surface area (Å²) >= 11 is 1.77. The minimum atomic E-state index is 0.0173. The molecule has 0 unspecified atom stereocenters. The molecule has 0 aliphatic carbocycles. The van der Waals surface area contributed by atoms with Crippen LogP contribution < -0.4 is 9.47 Å². The Bertz CT molecular complexity index is 899. The predicted molar refractivity (Wildman–Crippen MR) is 107 cm³/mol. The number of ether oxygens (including phenoxy) is 2. The van der Waals surface area contributed by atoms with Gasteiger partial charge in [-0.15, -0.1) is 11.3 Å². The third-order valence-corrected chi connectivity index (χ3v) is 6.13. The molecule has 0 spiro atoms. The molecule has 0 bridgehead atoms. The van der Waals surface area contributed by atoms with Crippen LogP contribution in [0.15, 0.2) is 48.5 Å². The number of thiazole rings is 1. The molecule has 3 aromatic rings. The first-order chi connectivity index (χ1) is 13.2. The molecule has 1 aliphatic rings. The van der Waals surface area contributed by atoms with E-state index in [2.05, 4.69) is 12.1 Å². The fourth-order valence-electron chi connectivity index (χ4n) is 3.41. The maximum atomic E-state index is 12.5. The van der Waals surface area contributed by atoms with Gasteiger partial charge in [0.2, 0.25) is 0 Å². The summed E-state index contributed by atoms with van der Waals surface area (Å²) < 4.78 is 12.2. The number of hydrogen-bond acceptors (Lipinski definition) is 5. The van der Waals surface area contributed by atoms with Gasteiger partial charge in [-0.3, -0.25) is 4.79 Å². The van der Waals surface area contributed by atoms with Gasteiger partial charge in [-0.1, -0.05) is 24.3 Å². The average molecular weight is 382 g/mol. The quantitative estimate of drug-likeness (QED) is 0.667. The minimum Gasteiger partial charge on any atom is -0.493 e. The molecule has 0 atom stereocenters. The number of hydrogen-bond donors (Lipinski definition) is 0. The maximum Gasteiger partial charge on any atom is 0.260 e. The number of aromatic nitrogens is 1. The third-order valence-electron chi connectivity index (χ3n) is 4.93. The average Bonchev–Trinajstić information content (AvgIpc) is 3.16. The van der Waals surface area contributed by atoms with E-state index in [1.807, 2.05) is 41.3 Å². The van der Waals surface area contributed by atoms with Crippen molar-refractivity contribution in [1.29, 1.82) is 0 Å². The number of piperidine rings is 1. The largest absolute Gasteiger partial charge is 0.493 e. The minimum absolute atomic E-state index is 0.0173. The van der Waals surface area contributed by atoms with Crippen molar-refractivity contribution >= 4 is 27.5 Å². The highest BCUT2D eigenvalue weighted by molar-refractivity contribution is 7.18. The second-order valence-electron chi connectivity index (χ2n) is 6.61. The summed E-state index contributed by atoms with van der Waals surface area (Å²) in [4.78, 5) is 19.2. The Morgan fingerprint density at radius 2 is 1.81 bits per heavy atom. The summed E-state index contributed by atoms with van der Waals surface area (Å²) in [6.07, 6.45) is 1.89. The number of carbonyl (C=O) groups excluding carboxylic acids is 1. The van der Waals surface area contributed by atoms with E-state index in [0.717, 1.165) is 31.4 Å². The van der Waals surface area contributed by atoms with Crippen molar-refractivity contribution in [3.63, 3.8) is 0 Å². The molecular formula is C21H22N2O3S. The summed E-state index contributed by atoms with van der Waals surface area (Å²) in [5.41, 5.74) is 1.07. The first kappa shape index (κ1) is 17.8. The summed E-state index contributed by atoms with van der Waals surface area (Å²) in [5.74, 6) is 1.68. The van der Waals surface area contributed by atoms with Crippen molar-refractivity contribution in [2.45, 2.75) is 18.8 Å². The number of rotatable bonds is 5. The normalized spacial score (nSPS) is 15.1. The number of nitrogens with zero attached hydrogens (tertiary/aromatic N) is 2. The summed E-state index contributed by atoms with van der Waals surface area (Å²) in [7, 11) is 1.59. The van der Waals surface area contributed by atoms with Crippen LogP contribution in [0.5, 0.6) is 11.5 Å². The highest BCUT2D eigenvalue weighted by Gasteiger charge is 2.26. The van der Waals surface area contributed by atoms with Crippen LogP contribution in [0.4, 0.5) is 0 Å². The molecule has 1 amide bonds. The molecule has 1 fully saturated rings. The molecule has 0 N–H and O–H groups in total. The molecule has 140 valence electrons. The molecule has 6 heteroatoms. The molecule has 0 saturated carbocycles. The van der Waals surface area contributed by atoms with Gasteiger partial charge in [0.05, 0.1) is 22.3 Å². The lowest BCUT2D eigenvalue weighted by Crippen LogP contribution is -2.40. The van der Waals surface area contributed by atoms with Gasteiger partial charge in [0.15, 0.2) is 18.1 Å². The first-order valence-electron chi connectivity index (χ1n) is 9.13. The van der Waals surface area contributed by atoms with Gasteiger partial charge in [0.1, 0.15) is 0 Å². The van der Waals surface area contributed by atoms with Crippen molar-refractivity contribution in [2.24, 2.45) is 0 Å². The number of methoxy groups -OCH3 is 1. The zero-order chi connectivity index (χ0) is 18.6. The summed E-state index contributed by atoms with van der Waals surface area (Å²) in [6, 6.07) is 15.6. The van der Waals surface area contributed by atoms with Crippen molar-refractivity contribution in [1.82, 2.24) is 9.88 Å². The lowest BCUT2D eigenvalue weighted by atomic mass is 9.97. The second kappa shape index (κ2) is 7.96. The lowest BCUT2D eigenvalue weighted by molar-refractivity contribution is -0.134. The van der Waals surface area contributed by atoms with Crippen LogP contribution in [0.25, 0.3) is 10.2 Å². The van der Waals surface area contributed by atoms with Crippen LogP contribution in [0.1, 0.15) is 23.8 Å². The zero-order valence-corrected chi connectivity index (χ0v) is 16.1. The highest BCUT2D eigenvalue weighted by atomic mass is 32.1. The Morgan fingerprint density at radius 3 is 2.56 bits per heavy atom. The number of amides is 1. The fraction of sp³-hybridized carbons (Fsp3) is 0.333. The molecule has 1 aromatic heterocycles. The van der Waals surface area contributed by atoms with E-state index in [1.54, 1.807) is 18.4 Å². The van der Waals surface area contributed by atoms with E-state index >= 15 is 0 Å². The van der Waals surface area contributed by atoms with Gasteiger partial charge in [-0.05, 0) is 37.1 Å². The number of benzene rings is 2. The molecule has 5 nitrogen and oxygen atoms in total. The highest BCUT2D eigenvalue weighted by Crippen LogP contribution is 2.34. The van der Waals surface area contributed by atoms with Crippen LogP contribution in [-0.2, 0) is 4.79 Å². The van der Waals surface area contributed by atoms with Crippen molar-refractivity contribution in [2.75, 3.05) is 26.8 Å². The smallest absolute Gasteiger partial charge is 0.260 e. The molecule has 1 saturated heterocycles. The van der Waals surface area contributed by atoms with Gasteiger partial charge in [0.25, 0.3) is 5.91 Å². The number of carbonyl (C=O) groups is 1. The van der Waals surface area contributed by atoms with Crippen molar-refractivity contribution in [3.05, 3.63) is 53.5 Å². The molecule has 2 heterocycles. The number of likely N-dealkylation sites (tertiary alicyclic amines) is 1. The first-order valence-corrected chi connectivity index (χ1v) is 9.95. The molecular weight excluding hydrogens is 360 g/mol. The van der Waals surface area contributed by atoms with Gasteiger partial charge in [-0.25, -0.2) is 4.98 Å². The second-order valence-corrected chi connectivity index (χ2v) is 7.68. The molecule has 1 aliphatic heterocycles. The van der Waals surface area contributed by atoms with E-state index in [9.17, 15) is 4.79 Å².